The highest BCUT2D eigenvalue weighted by Gasteiger charge is 2.29. The largest absolute Gasteiger partial charge is 0.310 e. The van der Waals surface area contributed by atoms with Crippen molar-refractivity contribution in [2.75, 3.05) is 13.1 Å². The smallest absolute Gasteiger partial charge is 0.0234 e. The van der Waals surface area contributed by atoms with Crippen molar-refractivity contribution >= 4 is 0 Å². The van der Waals surface area contributed by atoms with E-state index < -0.39 is 0 Å². The topological polar surface area (TPSA) is 15.3 Å². The first-order valence-corrected chi connectivity index (χ1v) is 8.87. The van der Waals surface area contributed by atoms with E-state index in [4.69, 9.17) is 0 Å². The molecule has 2 heteroatoms. The molecule has 0 spiro atoms. The van der Waals surface area contributed by atoms with E-state index in [-0.39, 0.29) is 0 Å². The van der Waals surface area contributed by atoms with Crippen molar-refractivity contribution < 1.29 is 0 Å². The van der Waals surface area contributed by atoms with Crippen LogP contribution >= 0.6 is 0 Å². The molecule has 3 rings (SSSR count). The Balaban J connectivity index is 1.48. The standard InChI is InChI=1S/C19H30N2/c1-2-17-10-6-7-11-19(17)20-18-12-13-21(15-18)14-16-8-4-3-5-9-16/h3-5,8-9,17-20H,2,6-7,10-15H2,1H3. The number of nitrogens with zero attached hydrogens (tertiary/aromatic N) is 1. The molecule has 1 aromatic carbocycles. The summed E-state index contributed by atoms with van der Waals surface area (Å²) in [5, 5.41) is 3.99. The van der Waals surface area contributed by atoms with Crippen LogP contribution in [0.1, 0.15) is 51.0 Å². The molecule has 2 aliphatic rings. The zero-order chi connectivity index (χ0) is 14.5. The van der Waals surface area contributed by atoms with Gasteiger partial charge < -0.3 is 5.32 Å². The van der Waals surface area contributed by atoms with Gasteiger partial charge >= 0.3 is 0 Å². The van der Waals surface area contributed by atoms with Crippen LogP contribution in [0.25, 0.3) is 0 Å². The fourth-order valence-electron chi connectivity index (χ4n) is 4.17. The Morgan fingerprint density at radius 2 is 1.90 bits per heavy atom. The molecule has 2 fully saturated rings. The van der Waals surface area contributed by atoms with E-state index in [1.54, 1.807) is 0 Å². The monoisotopic (exact) mass is 286 g/mol. The van der Waals surface area contributed by atoms with E-state index in [9.17, 15) is 0 Å². The first kappa shape index (κ1) is 15.1. The van der Waals surface area contributed by atoms with Crippen molar-refractivity contribution in [3.63, 3.8) is 0 Å². The van der Waals surface area contributed by atoms with Crippen LogP contribution < -0.4 is 5.32 Å². The van der Waals surface area contributed by atoms with Gasteiger partial charge in [0.05, 0.1) is 0 Å². The first-order valence-electron chi connectivity index (χ1n) is 8.87. The SMILES string of the molecule is CCC1CCCCC1NC1CCN(Cc2ccccc2)C1. The zero-order valence-corrected chi connectivity index (χ0v) is 13.4. The Morgan fingerprint density at radius 1 is 1.10 bits per heavy atom. The van der Waals surface area contributed by atoms with Crippen LogP contribution in [0.3, 0.4) is 0 Å². The maximum Gasteiger partial charge on any atom is 0.0234 e. The Hall–Kier alpha value is -0.860. The quantitative estimate of drug-likeness (QED) is 0.885. The van der Waals surface area contributed by atoms with E-state index in [1.165, 1.54) is 57.2 Å². The molecular weight excluding hydrogens is 256 g/mol. The molecule has 3 unspecified atom stereocenters. The van der Waals surface area contributed by atoms with E-state index in [0.717, 1.165) is 18.5 Å². The summed E-state index contributed by atoms with van der Waals surface area (Å²) in [6, 6.07) is 12.4. The molecule has 1 saturated heterocycles. The lowest BCUT2D eigenvalue weighted by Crippen LogP contribution is -2.45. The van der Waals surface area contributed by atoms with E-state index in [2.05, 4.69) is 47.5 Å². The molecule has 0 amide bonds. The predicted molar refractivity (Wildman–Crippen MR) is 89.3 cm³/mol. The summed E-state index contributed by atoms with van der Waals surface area (Å²) in [6.45, 7) is 5.94. The Labute approximate surface area is 129 Å². The molecule has 3 atom stereocenters. The lowest BCUT2D eigenvalue weighted by Gasteiger charge is -2.34. The zero-order valence-electron chi connectivity index (χ0n) is 13.4. The molecule has 2 nitrogen and oxygen atoms in total. The molecule has 21 heavy (non-hydrogen) atoms. The van der Waals surface area contributed by atoms with Crippen LogP contribution in [0.4, 0.5) is 0 Å². The first-order chi connectivity index (χ1) is 10.3. The average Bonchev–Trinajstić information content (AvgIpc) is 2.96. The second kappa shape index (κ2) is 7.42. The van der Waals surface area contributed by atoms with Gasteiger partial charge in [0.15, 0.2) is 0 Å². The molecule has 1 saturated carbocycles. The number of hydrogen-bond acceptors (Lipinski definition) is 2. The lowest BCUT2D eigenvalue weighted by molar-refractivity contribution is 0.232. The predicted octanol–water partition coefficient (Wildman–Crippen LogP) is 3.82. The summed E-state index contributed by atoms with van der Waals surface area (Å²) in [5.74, 6) is 0.918. The molecule has 0 aromatic heterocycles. The minimum absolute atomic E-state index is 0.714. The van der Waals surface area contributed by atoms with Crippen molar-refractivity contribution in [3.05, 3.63) is 35.9 Å². The highest BCUT2D eigenvalue weighted by Crippen LogP contribution is 2.28. The highest BCUT2D eigenvalue weighted by molar-refractivity contribution is 5.14. The molecule has 1 N–H and O–H groups in total. The maximum atomic E-state index is 3.99. The van der Waals surface area contributed by atoms with Gasteiger partial charge in [-0.1, -0.05) is 56.5 Å². The molecular formula is C19H30N2. The van der Waals surface area contributed by atoms with Crippen molar-refractivity contribution in [1.29, 1.82) is 0 Å². The lowest BCUT2D eigenvalue weighted by atomic mass is 9.82. The van der Waals surface area contributed by atoms with Gasteiger partial charge in [-0.3, -0.25) is 4.90 Å². The molecule has 116 valence electrons. The minimum Gasteiger partial charge on any atom is -0.310 e. The third-order valence-corrected chi connectivity index (χ3v) is 5.40. The van der Waals surface area contributed by atoms with Crippen LogP contribution in [0.2, 0.25) is 0 Å². The van der Waals surface area contributed by atoms with Crippen LogP contribution in [0.15, 0.2) is 30.3 Å². The highest BCUT2D eigenvalue weighted by atomic mass is 15.2. The summed E-state index contributed by atoms with van der Waals surface area (Å²) >= 11 is 0. The van der Waals surface area contributed by atoms with Gasteiger partial charge in [-0.2, -0.15) is 0 Å². The average molecular weight is 286 g/mol. The molecule has 1 aliphatic carbocycles. The van der Waals surface area contributed by atoms with Gasteiger partial charge in [0.25, 0.3) is 0 Å². The number of nitrogens with one attached hydrogen (secondary N) is 1. The van der Waals surface area contributed by atoms with Crippen LogP contribution in [0.5, 0.6) is 0 Å². The Morgan fingerprint density at radius 3 is 2.71 bits per heavy atom. The summed E-state index contributed by atoms with van der Waals surface area (Å²) in [7, 11) is 0. The van der Waals surface area contributed by atoms with Crippen LogP contribution in [-0.4, -0.2) is 30.1 Å². The van der Waals surface area contributed by atoms with E-state index in [1.807, 2.05) is 0 Å². The van der Waals surface area contributed by atoms with Crippen molar-refractivity contribution in [2.45, 2.75) is 64.1 Å². The third-order valence-electron chi connectivity index (χ3n) is 5.40. The normalized spacial score (nSPS) is 30.6. The van der Waals surface area contributed by atoms with Gasteiger partial charge in [-0.25, -0.2) is 0 Å². The molecule has 1 aliphatic heterocycles. The number of benzene rings is 1. The summed E-state index contributed by atoms with van der Waals surface area (Å²) in [5.41, 5.74) is 1.45. The second-order valence-electron chi connectivity index (χ2n) is 6.93. The maximum absolute atomic E-state index is 3.99. The van der Waals surface area contributed by atoms with Crippen molar-refractivity contribution in [2.24, 2.45) is 5.92 Å². The van der Waals surface area contributed by atoms with Gasteiger partial charge in [-0.05, 0) is 30.7 Å². The number of likely N-dealkylation sites (tertiary alicyclic amines) is 1. The van der Waals surface area contributed by atoms with Crippen molar-refractivity contribution in [3.8, 4) is 0 Å². The summed E-state index contributed by atoms with van der Waals surface area (Å²) < 4.78 is 0. The van der Waals surface area contributed by atoms with E-state index in [0.29, 0.717) is 6.04 Å². The van der Waals surface area contributed by atoms with Crippen LogP contribution in [-0.2, 0) is 6.54 Å². The number of hydrogen-bond donors (Lipinski definition) is 1. The molecule has 1 heterocycles. The summed E-state index contributed by atoms with van der Waals surface area (Å²) in [4.78, 5) is 2.61. The summed E-state index contributed by atoms with van der Waals surface area (Å²) in [6.07, 6.45) is 8.37. The second-order valence-corrected chi connectivity index (χ2v) is 6.93. The minimum atomic E-state index is 0.714. The third kappa shape index (κ3) is 4.08. The van der Waals surface area contributed by atoms with Gasteiger partial charge in [0.1, 0.15) is 0 Å². The Bertz CT molecular complexity index is 417. The van der Waals surface area contributed by atoms with Gasteiger partial charge in [0, 0.05) is 31.7 Å². The molecule has 0 radical (unpaired) electrons. The van der Waals surface area contributed by atoms with Gasteiger partial charge in [0.2, 0.25) is 0 Å². The molecule has 0 bridgehead atoms. The fraction of sp³-hybridized carbons (Fsp3) is 0.684. The molecule has 1 aromatic rings. The van der Waals surface area contributed by atoms with Crippen molar-refractivity contribution in [1.82, 2.24) is 10.2 Å². The van der Waals surface area contributed by atoms with E-state index >= 15 is 0 Å². The number of rotatable bonds is 5. The van der Waals surface area contributed by atoms with Gasteiger partial charge in [-0.15, -0.1) is 0 Å². The van der Waals surface area contributed by atoms with Crippen LogP contribution in [0, 0.1) is 5.92 Å². The fourth-order valence-corrected chi connectivity index (χ4v) is 4.17. The Kier molecular flexibility index (Phi) is 5.32.